The molecule has 1 amide bonds. The summed E-state index contributed by atoms with van der Waals surface area (Å²) in [4.78, 5) is 20.5. The van der Waals surface area contributed by atoms with E-state index in [-0.39, 0.29) is 5.82 Å². The number of nitrogens with one attached hydrogen (secondary N) is 1. The van der Waals surface area contributed by atoms with Gasteiger partial charge in [-0.1, -0.05) is 0 Å². The molecule has 2 aromatic rings. The SMILES string of the molecule is CC(C)(C)OC(=O)N(CS(C)(=O)=O)c1cc2[nH]ccc2cn1. The van der Waals surface area contributed by atoms with Crippen LogP contribution in [0.5, 0.6) is 0 Å². The number of hydrogen-bond donors (Lipinski definition) is 1. The number of rotatable bonds is 3. The zero-order valence-electron chi connectivity index (χ0n) is 13.0. The van der Waals surface area contributed by atoms with E-state index in [2.05, 4.69) is 9.97 Å². The number of nitrogens with zero attached hydrogens (tertiary/aromatic N) is 2. The van der Waals surface area contributed by atoms with Crippen molar-refractivity contribution < 1.29 is 17.9 Å². The van der Waals surface area contributed by atoms with E-state index < -0.39 is 27.4 Å². The predicted molar refractivity (Wildman–Crippen MR) is 84.5 cm³/mol. The maximum absolute atomic E-state index is 12.3. The Morgan fingerprint density at radius 1 is 1.41 bits per heavy atom. The number of fused-ring (bicyclic) bond motifs is 1. The highest BCUT2D eigenvalue weighted by molar-refractivity contribution is 7.90. The van der Waals surface area contributed by atoms with Gasteiger partial charge in [-0.3, -0.25) is 0 Å². The Bertz CT molecular complexity index is 790. The van der Waals surface area contributed by atoms with E-state index in [1.54, 1.807) is 39.2 Å². The van der Waals surface area contributed by atoms with Crippen LogP contribution in [0.2, 0.25) is 0 Å². The molecule has 0 aliphatic heterocycles. The van der Waals surface area contributed by atoms with Crippen molar-refractivity contribution in [3.05, 3.63) is 24.5 Å². The van der Waals surface area contributed by atoms with Crippen molar-refractivity contribution in [2.24, 2.45) is 0 Å². The van der Waals surface area contributed by atoms with Gasteiger partial charge in [0.25, 0.3) is 0 Å². The molecule has 120 valence electrons. The fourth-order valence-corrected chi connectivity index (χ4v) is 2.55. The number of sulfone groups is 1. The van der Waals surface area contributed by atoms with E-state index in [9.17, 15) is 13.2 Å². The quantitative estimate of drug-likeness (QED) is 0.935. The lowest BCUT2D eigenvalue weighted by Gasteiger charge is -2.26. The lowest BCUT2D eigenvalue weighted by molar-refractivity contribution is 0.0585. The molecular formula is C14H19N3O4S. The Labute approximate surface area is 129 Å². The van der Waals surface area contributed by atoms with Gasteiger partial charge in [-0.2, -0.15) is 0 Å². The molecule has 7 nitrogen and oxygen atoms in total. The van der Waals surface area contributed by atoms with Gasteiger partial charge >= 0.3 is 6.09 Å². The first kappa shape index (κ1) is 16.3. The number of aromatic amines is 1. The molecule has 0 saturated heterocycles. The van der Waals surface area contributed by atoms with Crippen LogP contribution >= 0.6 is 0 Å². The van der Waals surface area contributed by atoms with Crippen molar-refractivity contribution >= 4 is 32.7 Å². The largest absolute Gasteiger partial charge is 0.443 e. The molecule has 0 spiro atoms. The molecular weight excluding hydrogens is 306 g/mol. The van der Waals surface area contributed by atoms with Gasteiger partial charge in [0.15, 0.2) is 9.84 Å². The van der Waals surface area contributed by atoms with Crippen molar-refractivity contribution in [2.45, 2.75) is 26.4 Å². The first-order chi connectivity index (χ1) is 10.1. The zero-order chi connectivity index (χ0) is 16.5. The van der Waals surface area contributed by atoms with Crippen LogP contribution in [0.3, 0.4) is 0 Å². The van der Waals surface area contributed by atoms with Gasteiger partial charge in [0.05, 0.1) is 5.52 Å². The van der Waals surface area contributed by atoms with Gasteiger partial charge < -0.3 is 9.72 Å². The average molecular weight is 325 g/mol. The van der Waals surface area contributed by atoms with Crippen LogP contribution in [0.15, 0.2) is 24.5 Å². The summed E-state index contributed by atoms with van der Waals surface area (Å²) in [6.45, 7) is 5.14. The first-order valence-electron chi connectivity index (χ1n) is 6.66. The third-order valence-electron chi connectivity index (χ3n) is 2.68. The van der Waals surface area contributed by atoms with Gasteiger partial charge in [0.1, 0.15) is 17.3 Å². The molecule has 0 bridgehead atoms. The summed E-state index contributed by atoms with van der Waals surface area (Å²) in [6.07, 6.45) is 3.61. The Morgan fingerprint density at radius 2 is 2.09 bits per heavy atom. The van der Waals surface area contributed by atoms with Crippen molar-refractivity contribution in [3.8, 4) is 0 Å². The number of carbonyl (C=O) groups excluding carboxylic acids is 1. The fourth-order valence-electron chi connectivity index (χ4n) is 1.85. The fraction of sp³-hybridized carbons (Fsp3) is 0.429. The Balaban J connectivity index is 2.40. The molecule has 0 unspecified atom stereocenters. The summed E-state index contributed by atoms with van der Waals surface area (Å²) in [5.41, 5.74) is 0.0238. The molecule has 0 fully saturated rings. The summed E-state index contributed by atoms with van der Waals surface area (Å²) < 4.78 is 28.5. The molecule has 0 saturated carbocycles. The van der Waals surface area contributed by atoms with E-state index >= 15 is 0 Å². The second kappa shape index (κ2) is 5.60. The van der Waals surface area contributed by atoms with Crippen LogP contribution in [0.25, 0.3) is 10.9 Å². The molecule has 22 heavy (non-hydrogen) atoms. The molecule has 0 aromatic carbocycles. The number of ether oxygens (including phenoxy) is 1. The minimum absolute atomic E-state index is 0.217. The minimum atomic E-state index is -3.44. The summed E-state index contributed by atoms with van der Waals surface area (Å²) in [5.74, 6) is -0.282. The Kier molecular flexibility index (Phi) is 4.15. The van der Waals surface area contributed by atoms with Crippen LogP contribution in [0, 0.1) is 0 Å². The lowest BCUT2D eigenvalue weighted by atomic mass is 10.2. The second-order valence-electron chi connectivity index (χ2n) is 6.07. The molecule has 0 aliphatic rings. The number of hydrogen-bond acceptors (Lipinski definition) is 5. The molecule has 2 aromatic heterocycles. The van der Waals surface area contributed by atoms with Crippen LogP contribution in [0.4, 0.5) is 10.6 Å². The van der Waals surface area contributed by atoms with Gasteiger partial charge in [-0.25, -0.2) is 23.1 Å². The molecule has 0 radical (unpaired) electrons. The van der Waals surface area contributed by atoms with Crippen molar-refractivity contribution in [3.63, 3.8) is 0 Å². The van der Waals surface area contributed by atoms with Crippen LogP contribution in [-0.2, 0) is 14.6 Å². The van der Waals surface area contributed by atoms with Crippen LogP contribution in [-0.4, -0.2) is 42.2 Å². The smallest absolute Gasteiger partial charge is 0.416 e. The number of pyridine rings is 1. The van der Waals surface area contributed by atoms with Gasteiger partial charge in [0, 0.05) is 30.1 Å². The van der Waals surface area contributed by atoms with Crippen LogP contribution < -0.4 is 4.90 Å². The second-order valence-corrected chi connectivity index (χ2v) is 8.18. The monoisotopic (exact) mass is 325 g/mol. The molecule has 2 rings (SSSR count). The van der Waals surface area contributed by atoms with Crippen molar-refractivity contribution in [1.29, 1.82) is 0 Å². The predicted octanol–water partition coefficient (Wildman–Crippen LogP) is 2.31. The number of anilines is 1. The van der Waals surface area contributed by atoms with Gasteiger partial charge in [-0.05, 0) is 26.8 Å². The molecule has 0 aliphatic carbocycles. The molecule has 0 atom stereocenters. The minimum Gasteiger partial charge on any atom is -0.443 e. The van der Waals surface area contributed by atoms with E-state index in [0.717, 1.165) is 22.1 Å². The Morgan fingerprint density at radius 3 is 2.68 bits per heavy atom. The Hall–Kier alpha value is -2.09. The number of H-pyrrole nitrogens is 1. The van der Waals surface area contributed by atoms with Gasteiger partial charge in [-0.15, -0.1) is 0 Å². The zero-order valence-corrected chi connectivity index (χ0v) is 13.8. The van der Waals surface area contributed by atoms with Crippen molar-refractivity contribution in [1.82, 2.24) is 9.97 Å². The van der Waals surface area contributed by atoms with E-state index in [1.807, 2.05) is 6.07 Å². The highest BCUT2D eigenvalue weighted by Crippen LogP contribution is 2.21. The topological polar surface area (TPSA) is 92.4 Å². The van der Waals surface area contributed by atoms with E-state index in [4.69, 9.17) is 4.74 Å². The third-order valence-corrected chi connectivity index (χ3v) is 3.40. The average Bonchev–Trinajstić information content (AvgIpc) is 2.79. The summed E-state index contributed by atoms with van der Waals surface area (Å²) in [7, 11) is -3.44. The maximum Gasteiger partial charge on any atom is 0.416 e. The maximum atomic E-state index is 12.3. The third kappa shape index (κ3) is 4.20. The number of amides is 1. The molecule has 1 N–H and O–H groups in total. The lowest BCUT2D eigenvalue weighted by Crippen LogP contribution is -2.40. The highest BCUT2D eigenvalue weighted by atomic mass is 32.2. The van der Waals surface area contributed by atoms with E-state index in [1.165, 1.54) is 0 Å². The summed E-state index contributed by atoms with van der Waals surface area (Å²) >= 11 is 0. The first-order valence-corrected chi connectivity index (χ1v) is 8.73. The van der Waals surface area contributed by atoms with Gasteiger partial charge in [0.2, 0.25) is 0 Å². The van der Waals surface area contributed by atoms with Crippen LogP contribution in [0.1, 0.15) is 20.8 Å². The number of aromatic nitrogens is 2. The summed E-state index contributed by atoms with van der Waals surface area (Å²) in [6, 6.07) is 3.45. The molecule has 2 heterocycles. The van der Waals surface area contributed by atoms with E-state index in [0.29, 0.717) is 0 Å². The summed E-state index contributed by atoms with van der Waals surface area (Å²) in [5, 5.41) is 0.868. The number of carbonyl (C=O) groups is 1. The highest BCUT2D eigenvalue weighted by Gasteiger charge is 2.27. The normalized spacial score (nSPS) is 12.4. The van der Waals surface area contributed by atoms with Crippen molar-refractivity contribution in [2.75, 3.05) is 17.0 Å². The standard InChI is InChI=1S/C14H19N3O4S/c1-14(2,3)21-13(18)17(9-22(4,19)20)12-7-11-10(8-16-12)5-6-15-11/h5-8,15H,9H2,1-4H3. The molecule has 8 heteroatoms.